The first-order chi connectivity index (χ1) is 7.66. The molecule has 1 aromatic carbocycles. The fourth-order valence-corrected chi connectivity index (χ4v) is 1.34. The van der Waals surface area contributed by atoms with E-state index >= 15 is 0 Å². The van der Waals surface area contributed by atoms with E-state index in [9.17, 15) is 0 Å². The second-order valence-electron chi connectivity index (χ2n) is 3.64. The average Bonchev–Trinajstić information content (AvgIpc) is 2.26. The van der Waals surface area contributed by atoms with E-state index in [0.717, 1.165) is 11.1 Å². The van der Waals surface area contributed by atoms with Gasteiger partial charge in [0.25, 0.3) is 0 Å². The molecule has 4 nitrogen and oxygen atoms in total. The molecule has 1 aromatic heterocycles. The molecule has 0 amide bonds. The highest BCUT2D eigenvalue weighted by Crippen LogP contribution is 2.28. The van der Waals surface area contributed by atoms with Crippen molar-refractivity contribution in [1.82, 2.24) is 9.97 Å². The number of ether oxygens (including phenoxy) is 1. The molecule has 82 valence electrons. The van der Waals surface area contributed by atoms with Crippen molar-refractivity contribution in [3.8, 4) is 11.8 Å². The Bertz CT molecular complexity index is 474. The molecule has 0 atom stereocenters. The Kier molecular flexibility index (Phi) is 2.72. The van der Waals surface area contributed by atoms with Gasteiger partial charge in [0.1, 0.15) is 0 Å². The molecular formula is C12H13N3O. The minimum atomic E-state index is 0.312. The summed E-state index contributed by atoms with van der Waals surface area (Å²) in [5.41, 5.74) is 8.36. The fraction of sp³-hybridized carbons (Fsp3) is 0.167. The summed E-state index contributed by atoms with van der Waals surface area (Å²) in [6.07, 6.45) is 3.41. The number of nitrogen functional groups attached to an aromatic ring is 1. The molecule has 0 saturated carbocycles. The van der Waals surface area contributed by atoms with Crippen molar-refractivity contribution in [2.45, 2.75) is 13.8 Å². The number of rotatable bonds is 2. The first kappa shape index (κ1) is 10.4. The van der Waals surface area contributed by atoms with Gasteiger partial charge in [-0.05, 0) is 31.0 Å². The van der Waals surface area contributed by atoms with Crippen LogP contribution in [0.25, 0.3) is 0 Å². The van der Waals surface area contributed by atoms with Crippen LogP contribution in [0, 0.1) is 13.8 Å². The Morgan fingerprint density at radius 1 is 1.12 bits per heavy atom. The van der Waals surface area contributed by atoms with Crippen molar-refractivity contribution in [2.75, 3.05) is 5.73 Å². The van der Waals surface area contributed by atoms with E-state index in [-0.39, 0.29) is 0 Å². The molecule has 0 spiro atoms. The zero-order valence-electron chi connectivity index (χ0n) is 9.27. The molecule has 1 heterocycles. The van der Waals surface area contributed by atoms with Gasteiger partial charge in [0.15, 0.2) is 5.75 Å². The quantitative estimate of drug-likeness (QED) is 0.782. The number of hydrogen-bond acceptors (Lipinski definition) is 4. The number of nitrogens with two attached hydrogens (primary N) is 1. The van der Waals surface area contributed by atoms with Gasteiger partial charge in [0.05, 0.1) is 5.69 Å². The molecule has 16 heavy (non-hydrogen) atoms. The number of hydrogen-bond donors (Lipinski definition) is 1. The van der Waals surface area contributed by atoms with Gasteiger partial charge >= 0.3 is 6.01 Å². The van der Waals surface area contributed by atoms with Crippen LogP contribution in [0.2, 0.25) is 0 Å². The van der Waals surface area contributed by atoms with E-state index in [1.165, 1.54) is 0 Å². The largest absolute Gasteiger partial charge is 0.422 e. The van der Waals surface area contributed by atoms with Crippen molar-refractivity contribution in [2.24, 2.45) is 0 Å². The molecule has 0 radical (unpaired) electrons. The Balaban J connectivity index is 2.30. The number of aromatic nitrogens is 2. The normalized spacial score (nSPS) is 10.1. The highest BCUT2D eigenvalue weighted by Gasteiger charge is 2.06. The maximum Gasteiger partial charge on any atom is 0.321 e. The number of para-hydroxylation sites is 1. The average molecular weight is 215 g/mol. The molecule has 0 unspecified atom stereocenters. The van der Waals surface area contributed by atoms with Crippen LogP contribution >= 0.6 is 0 Å². The molecule has 0 aliphatic rings. The van der Waals surface area contributed by atoms with E-state index in [0.29, 0.717) is 17.4 Å². The maximum atomic E-state index is 5.82. The second kappa shape index (κ2) is 4.18. The molecule has 0 fully saturated rings. The summed E-state index contributed by atoms with van der Waals surface area (Å²) in [5, 5.41) is 0. The monoisotopic (exact) mass is 215 g/mol. The van der Waals surface area contributed by atoms with Gasteiger partial charge in [-0.15, -0.1) is 0 Å². The Labute approximate surface area is 94.1 Å². The first-order valence-electron chi connectivity index (χ1n) is 4.98. The number of aryl methyl sites for hydroxylation is 2. The van der Waals surface area contributed by atoms with Crippen molar-refractivity contribution < 1.29 is 4.74 Å². The van der Waals surface area contributed by atoms with Gasteiger partial charge in [-0.1, -0.05) is 12.1 Å². The predicted octanol–water partition coefficient (Wildman–Crippen LogP) is 2.47. The van der Waals surface area contributed by atoms with Gasteiger partial charge < -0.3 is 10.5 Å². The van der Waals surface area contributed by atoms with E-state index in [1.54, 1.807) is 18.5 Å². The molecular weight excluding hydrogens is 202 g/mol. The highest BCUT2D eigenvalue weighted by molar-refractivity contribution is 5.57. The van der Waals surface area contributed by atoms with Gasteiger partial charge in [-0.2, -0.15) is 0 Å². The Morgan fingerprint density at radius 2 is 1.81 bits per heavy atom. The minimum absolute atomic E-state index is 0.312. The lowest BCUT2D eigenvalue weighted by Crippen LogP contribution is -1.97. The van der Waals surface area contributed by atoms with Crippen LogP contribution in [0.1, 0.15) is 11.1 Å². The second-order valence-corrected chi connectivity index (χ2v) is 3.64. The lowest BCUT2D eigenvalue weighted by atomic mass is 10.2. The molecule has 2 aromatic rings. The third-order valence-electron chi connectivity index (χ3n) is 2.19. The van der Waals surface area contributed by atoms with Crippen molar-refractivity contribution in [3.05, 3.63) is 41.7 Å². The van der Waals surface area contributed by atoms with E-state index < -0.39 is 0 Å². The van der Waals surface area contributed by atoms with Crippen molar-refractivity contribution in [1.29, 1.82) is 0 Å². The van der Waals surface area contributed by atoms with Crippen LogP contribution in [0.4, 0.5) is 5.69 Å². The maximum absolute atomic E-state index is 5.82. The molecule has 2 rings (SSSR count). The molecule has 0 saturated heterocycles. The van der Waals surface area contributed by atoms with Gasteiger partial charge in [0, 0.05) is 12.4 Å². The summed E-state index contributed by atoms with van der Waals surface area (Å²) in [4.78, 5) is 8.13. The summed E-state index contributed by atoms with van der Waals surface area (Å²) < 4.78 is 5.55. The summed E-state index contributed by atoms with van der Waals surface area (Å²) >= 11 is 0. The Hall–Kier alpha value is -2.10. The topological polar surface area (TPSA) is 61.0 Å². The van der Waals surface area contributed by atoms with Crippen LogP contribution in [-0.2, 0) is 0 Å². The standard InChI is InChI=1S/C12H13N3O/c1-8-6-14-12(15-7-8)16-11-9(2)4-3-5-10(11)13/h3-7H,13H2,1-2H3. The smallest absolute Gasteiger partial charge is 0.321 e. The van der Waals surface area contributed by atoms with Gasteiger partial charge in [-0.3, -0.25) is 0 Å². The van der Waals surface area contributed by atoms with Crippen LogP contribution in [0.5, 0.6) is 11.8 Å². The predicted molar refractivity (Wildman–Crippen MR) is 62.4 cm³/mol. The lowest BCUT2D eigenvalue weighted by Gasteiger charge is -2.09. The van der Waals surface area contributed by atoms with E-state index in [2.05, 4.69) is 9.97 Å². The summed E-state index contributed by atoms with van der Waals surface area (Å²) in [7, 11) is 0. The summed E-state index contributed by atoms with van der Waals surface area (Å²) in [6.45, 7) is 3.85. The fourth-order valence-electron chi connectivity index (χ4n) is 1.34. The van der Waals surface area contributed by atoms with Crippen molar-refractivity contribution >= 4 is 5.69 Å². The van der Waals surface area contributed by atoms with E-state index in [1.807, 2.05) is 26.0 Å². The van der Waals surface area contributed by atoms with E-state index in [4.69, 9.17) is 10.5 Å². The minimum Gasteiger partial charge on any atom is -0.422 e. The SMILES string of the molecule is Cc1cnc(Oc2c(C)cccc2N)nc1. The van der Waals surface area contributed by atoms with Crippen LogP contribution in [0.15, 0.2) is 30.6 Å². The molecule has 0 bridgehead atoms. The zero-order valence-corrected chi connectivity index (χ0v) is 9.27. The molecule has 2 N–H and O–H groups in total. The van der Waals surface area contributed by atoms with Crippen LogP contribution in [0.3, 0.4) is 0 Å². The van der Waals surface area contributed by atoms with Crippen molar-refractivity contribution in [3.63, 3.8) is 0 Å². The third kappa shape index (κ3) is 2.11. The number of benzene rings is 1. The lowest BCUT2D eigenvalue weighted by molar-refractivity contribution is 0.440. The van der Waals surface area contributed by atoms with Crippen LogP contribution in [-0.4, -0.2) is 9.97 Å². The van der Waals surface area contributed by atoms with Gasteiger partial charge in [-0.25, -0.2) is 9.97 Å². The highest BCUT2D eigenvalue weighted by atomic mass is 16.5. The Morgan fingerprint density at radius 3 is 2.44 bits per heavy atom. The summed E-state index contributed by atoms with van der Waals surface area (Å²) in [6, 6.07) is 5.91. The molecule has 0 aliphatic heterocycles. The number of anilines is 1. The summed E-state index contributed by atoms with van der Waals surface area (Å²) in [5.74, 6) is 0.617. The zero-order chi connectivity index (χ0) is 11.5. The first-order valence-corrected chi connectivity index (χ1v) is 4.98. The molecule has 0 aliphatic carbocycles. The molecule has 4 heteroatoms. The van der Waals surface area contributed by atoms with Crippen LogP contribution < -0.4 is 10.5 Å². The number of nitrogens with zero attached hydrogens (tertiary/aromatic N) is 2. The third-order valence-corrected chi connectivity index (χ3v) is 2.19. The van der Waals surface area contributed by atoms with Gasteiger partial charge in [0.2, 0.25) is 0 Å².